The number of nitrogens with one attached hydrogen (secondary N) is 1. The lowest BCUT2D eigenvalue weighted by atomic mass is 10.0. The zero-order chi connectivity index (χ0) is 15.2. The van der Waals surface area contributed by atoms with Gasteiger partial charge < -0.3 is 5.32 Å². The lowest BCUT2D eigenvalue weighted by Gasteiger charge is -2.21. The molecule has 1 N–H and O–H groups in total. The van der Waals surface area contributed by atoms with Crippen molar-refractivity contribution in [2.24, 2.45) is 0 Å². The van der Waals surface area contributed by atoms with Crippen molar-refractivity contribution >= 4 is 38.5 Å². The first-order valence-electron chi connectivity index (χ1n) is 6.58. The molecule has 20 heavy (non-hydrogen) atoms. The van der Waals surface area contributed by atoms with Gasteiger partial charge in [-0.2, -0.15) is 13.2 Å². The molecule has 0 fully saturated rings. The van der Waals surface area contributed by atoms with Crippen molar-refractivity contribution in [3.05, 3.63) is 31.8 Å². The normalized spacial score (nSPS) is 13.5. The molecule has 0 spiro atoms. The highest BCUT2D eigenvalue weighted by Gasteiger charge is 2.27. The molecule has 1 aromatic rings. The number of benzene rings is 1. The Morgan fingerprint density at radius 2 is 2.05 bits per heavy atom. The van der Waals surface area contributed by atoms with E-state index < -0.39 is 12.6 Å². The summed E-state index contributed by atoms with van der Waals surface area (Å²) in [7, 11) is 0. The van der Waals surface area contributed by atoms with Crippen LogP contribution in [-0.2, 0) is 0 Å². The van der Waals surface area contributed by atoms with Gasteiger partial charge in [0.2, 0.25) is 0 Å². The fraction of sp³-hybridized carbons (Fsp3) is 0.571. The first kappa shape index (κ1) is 18.2. The van der Waals surface area contributed by atoms with Crippen molar-refractivity contribution in [3.63, 3.8) is 0 Å². The largest absolute Gasteiger partial charge is 0.389 e. The van der Waals surface area contributed by atoms with Gasteiger partial charge in [-0.15, -0.1) is 0 Å². The molecule has 0 aliphatic rings. The first-order chi connectivity index (χ1) is 9.33. The Morgan fingerprint density at radius 3 is 2.65 bits per heavy atom. The summed E-state index contributed by atoms with van der Waals surface area (Å²) >= 11 is 5.70. The third-order valence-electron chi connectivity index (χ3n) is 2.93. The van der Waals surface area contributed by atoms with Crippen molar-refractivity contribution in [2.75, 3.05) is 6.54 Å². The Balaban J connectivity index is 2.75. The van der Waals surface area contributed by atoms with Crippen molar-refractivity contribution in [3.8, 4) is 0 Å². The Hall–Kier alpha value is 0.180. The third kappa shape index (κ3) is 6.76. The standard InChI is InChI=1S/C14H18BrF3IN/c1-2-8-20-13(4-3-7-14(16,17)18)11-9-10(19)5-6-12(11)15/h5-6,9,13,20H,2-4,7-8H2,1H3. The molecule has 1 nitrogen and oxygen atoms in total. The second-order valence-corrected chi connectivity index (χ2v) is 6.78. The summed E-state index contributed by atoms with van der Waals surface area (Å²) in [6, 6.07) is 5.90. The monoisotopic (exact) mass is 463 g/mol. The van der Waals surface area contributed by atoms with E-state index >= 15 is 0 Å². The Kier molecular flexibility index (Phi) is 7.82. The van der Waals surface area contributed by atoms with E-state index in [9.17, 15) is 13.2 Å². The van der Waals surface area contributed by atoms with E-state index in [1.165, 1.54) is 0 Å². The zero-order valence-electron chi connectivity index (χ0n) is 11.2. The number of alkyl halides is 3. The predicted octanol–water partition coefficient (Wildman–Crippen LogP) is 5.83. The molecular formula is C14H18BrF3IN. The highest BCUT2D eigenvalue weighted by Crippen LogP contribution is 2.31. The summed E-state index contributed by atoms with van der Waals surface area (Å²) in [4.78, 5) is 0. The van der Waals surface area contributed by atoms with Gasteiger partial charge in [-0.25, -0.2) is 0 Å². The number of hydrogen-bond acceptors (Lipinski definition) is 1. The molecule has 1 unspecified atom stereocenters. The van der Waals surface area contributed by atoms with Crippen LogP contribution in [0.25, 0.3) is 0 Å². The summed E-state index contributed by atoms with van der Waals surface area (Å²) in [5.41, 5.74) is 1.03. The molecule has 0 radical (unpaired) electrons. The van der Waals surface area contributed by atoms with E-state index in [0.717, 1.165) is 26.6 Å². The van der Waals surface area contributed by atoms with Crippen molar-refractivity contribution in [1.29, 1.82) is 0 Å². The van der Waals surface area contributed by atoms with Crippen LogP contribution in [0, 0.1) is 3.57 Å². The average molecular weight is 464 g/mol. The fourth-order valence-electron chi connectivity index (χ4n) is 1.97. The Labute approximate surface area is 140 Å². The minimum atomic E-state index is -4.07. The number of halogens is 5. The molecule has 1 atom stereocenters. The van der Waals surface area contributed by atoms with Crippen LogP contribution in [0.4, 0.5) is 13.2 Å². The van der Waals surface area contributed by atoms with E-state index in [0.29, 0.717) is 6.42 Å². The van der Waals surface area contributed by atoms with E-state index in [1.54, 1.807) is 0 Å². The van der Waals surface area contributed by atoms with Crippen LogP contribution in [0.1, 0.15) is 44.2 Å². The second kappa shape index (κ2) is 8.58. The SMILES string of the molecule is CCCNC(CCCC(F)(F)F)c1cc(I)ccc1Br. The summed E-state index contributed by atoms with van der Waals surface area (Å²) < 4.78 is 38.8. The van der Waals surface area contributed by atoms with Crippen molar-refractivity contribution < 1.29 is 13.2 Å². The minimum Gasteiger partial charge on any atom is -0.310 e. The summed E-state index contributed by atoms with van der Waals surface area (Å²) in [5, 5.41) is 3.34. The Bertz CT molecular complexity index is 423. The highest BCUT2D eigenvalue weighted by molar-refractivity contribution is 14.1. The molecule has 0 aliphatic heterocycles. The zero-order valence-corrected chi connectivity index (χ0v) is 15.0. The van der Waals surface area contributed by atoms with E-state index in [-0.39, 0.29) is 12.5 Å². The molecule has 0 bridgehead atoms. The quantitative estimate of drug-likeness (QED) is 0.502. The summed E-state index contributed by atoms with van der Waals surface area (Å²) in [6.45, 7) is 2.85. The molecule has 0 saturated heterocycles. The van der Waals surface area contributed by atoms with Crippen LogP contribution >= 0.6 is 38.5 Å². The predicted molar refractivity (Wildman–Crippen MR) is 87.8 cm³/mol. The van der Waals surface area contributed by atoms with Gasteiger partial charge in [-0.05, 0) is 72.2 Å². The molecule has 6 heteroatoms. The summed E-state index contributed by atoms with van der Waals surface area (Å²) in [6.07, 6.45) is -3.21. The third-order valence-corrected chi connectivity index (χ3v) is 4.32. The van der Waals surface area contributed by atoms with E-state index in [2.05, 4.69) is 43.8 Å². The fourth-order valence-corrected chi connectivity index (χ4v) is 3.01. The molecular weight excluding hydrogens is 446 g/mol. The van der Waals surface area contributed by atoms with Gasteiger partial charge in [0.1, 0.15) is 0 Å². The highest BCUT2D eigenvalue weighted by atomic mass is 127. The maximum absolute atomic E-state index is 12.3. The van der Waals surface area contributed by atoms with Crippen molar-refractivity contribution in [1.82, 2.24) is 5.32 Å². The Morgan fingerprint density at radius 1 is 1.35 bits per heavy atom. The molecule has 0 aromatic heterocycles. The van der Waals surface area contributed by atoms with Gasteiger partial charge >= 0.3 is 6.18 Å². The minimum absolute atomic E-state index is 0.0404. The molecule has 1 aromatic carbocycles. The van der Waals surface area contributed by atoms with Crippen LogP contribution in [0.3, 0.4) is 0 Å². The van der Waals surface area contributed by atoms with Crippen molar-refractivity contribution in [2.45, 2.75) is 44.8 Å². The lowest BCUT2D eigenvalue weighted by Crippen LogP contribution is -2.23. The van der Waals surface area contributed by atoms with Crippen LogP contribution in [0.5, 0.6) is 0 Å². The second-order valence-electron chi connectivity index (χ2n) is 4.68. The smallest absolute Gasteiger partial charge is 0.310 e. The molecule has 1 rings (SSSR count). The molecule has 0 amide bonds. The molecule has 114 valence electrons. The van der Waals surface area contributed by atoms with Crippen LogP contribution in [-0.4, -0.2) is 12.7 Å². The maximum Gasteiger partial charge on any atom is 0.389 e. The maximum atomic E-state index is 12.3. The molecule has 0 saturated carbocycles. The average Bonchev–Trinajstić information content (AvgIpc) is 2.35. The van der Waals surface area contributed by atoms with Gasteiger partial charge in [0.25, 0.3) is 0 Å². The van der Waals surface area contributed by atoms with Crippen LogP contribution in [0.2, 0.25) is 0 Å². The molecule has 0 heterocycles. The number of rotatable bonds is 7. The van der Waals surface area contributed by atoms with E-state index in [1.807, 2.05) is 25.1 Å². The van der Waals surface area contributed by atoms with E-state index in [4.69, 9.17) is 0 Å². The van der Waals surface area contributed by atoms with Gasteiger partial charge in [-0.3, -0.25) is 0 Å². The number of hydrogen-bond donors (Lipinski definition) is 1. The lowest BCUT2D eigenvalue weighted by molar-refractivity contribution is -0.135. The van der Waals surface area contributed by atoms with Crippen LogP contribution < -0.4 is 5.32 Å². The van der Waals surface area contributed by atoms with Gasteiger partial charge in [-0.1, -0.05) is 22.9 Å². The van der Waals surface area contributed by atoms with Gasteiger partial charge in [0, 0.05) is 20.5 Å². The first-order valence-corrected chi connectivity index (χ1v) is 8.45. The van der Waals surface area contributed by atoms with Gasteiger partial charge in [0.15, 0.2) is 0 Å². The summed E-state index contributed by atoms with van der Waals surface area (Å²) in [5.74, 6) is 0. The molecule has 0 aliphatic carbocycles. The van der Waals surface area contributed by atoms with Gasteiger partial charge in [0.05, 0.1) is 0 Å². The van der Waals surface area contributed by atoms with Crippen LogP contribution in [0.15, 0.2) is 22.7 Å². The topological polar surface area (TPSA) is 12.0 Å².